The van der Waals surface area contributed by atoms with Crippen molar-refractivity contribution in [3.8, 4) is 0 Å². The molecule has 0 amide bonds. The highest BCUT2D eigenvalue weighted by Gasteiger charge is 2.19. The molecule has 1 unspecified atom stereocenters. The Morgan fingerprint density at radius 3 is 1.13 bits per heavy atom. The third-order valence-corrected chi connectivity index (χ3v) is 10.3. The zero-order valence-corrected chi connectivity index (χ0v) is 42.3. The molecule has 0 saturated heterocycles. The highest BCUT2D eigenvalue weighted by Crippen LogP contribution is 2.12. The molecule has 0 aliphatic rings. The second-order valence-corrected chi connectivity index (χ2v) is 16.6. The van der Waals surface area contributed by atoms with Crippen molar-refractivity contribution in [3.05, 3.63) is 158 Å². The van der Waals surface area contributed by atoms with E-state index in [0.717, 1.165) is 103 Å². The Hall–Kier alpha value is -4.97. The van der Waals surface area contributed by atoms with Crippen LogP contribution in [0.3, 0.4) is 0 Å². The fourth-order valence-electron chi connectivity index (χ4n) is 6.38. The van der Waals surface area contributed by atoms with Crippen LogP contribution >= 0.6 is 0 Å². The number of rotatable bonds is 44. The predicted octanol–water partition coefficient (Wildman–Crippen LogP) is 17.4. The van der Waals surface area contributed by atoms with Crippen molar-refractivity contribution in [2.45, 2.75) is 194 Å². The molecule has 67 heavy (non-hydrogen) atoms. The molecule has 0 aliphatic carbocycles. The number of esters is 3. The fraction of sp³-hybridized carbons (Fsp3) is 0.525. The van der Waals surface area contributed by atoms with Gasteiger partial charge in [-0.15, -0.1) is 0 Å². The van der Waals surface area contributed by atoms with Crippen molar-refractivity contribution in [2.75, 3.05) is 13.2 Å². The van der Waals surface area contributed by atoms with Crippen molar-refractivity contribution in [2.24, 2.45) is 0 Å². The zero-order valence-electron chi connectivity index (χ0n) is 42.3. The van der Waals surface area contributed by atoms with Crippen LogP contribution in [0.25, 0.3) is 0 Å². The molecule has 6 heteroatoms. The number of ether oxygens (including phenoxy) is 3. The van der Waals surface area contributed by atoms with E-state index in [1.54, 1.807) is 0 Å². The van der Waals surface area contributed by atoms with E-state index in [1.165, 1.54) is 32.1 Å². The molecule has 0 N–H and O–H groups in total. The lowest BCUT2D eigenvalue weighted by molar-refractivity contribution is -0.167. The van der Waals surface area contributed by atoms with Gasteiger partial charge in [0.1, 0.15) is 13.2 Å². The van der Waals surface area contributed by atoms with Gasteiger partial charge in [-0.3, -0.25) is 14.4 Å². The minimum absolute atomic E-state index is 0.129. The van der Waals surface area contributed by atoms with Crippen molar-refractivity contribution >= 4 is 17.9 Å². The van der Waals surface area contributed by atoms with Gasteiger partial charge in [0.15, 0.2) is 6.10 Å². The number of carbonyl (C=O) groups is 3. The summed E-state index contributed by atoms with van der Waals surface area (Å²) in [4.78, 5) is 38.0. The van der Waals surface area contributed by atoms with Crippen LogP contribution in [0.5, 0.6) is 0 Å². The van der Waals surface area contributed by atoms with E-state index in [4.69, 9.17) is 14.2 Å². The van der Waals surface area contributed by atoms with Crippen LogP contribution in [0.4, 0.5) is 0 Å². The SMILES string of the molecule is CC\C=C/C=C\C=C/C=C\C=C\C=C/C=C\CCCCCC(=O)OCC(COC(=O)CCCC/C=C\C/C=C\C/C=C\CC)OC(=O)CCCCCCC\C=C/C=C\C=C/CCCCCCC. The number of hydrogen-bond donors (Lipinski definition) is 0. The largest absolute Gasteiger partial charge is 0.462 e. The molecule has 0 radical (unpaired) electrons. The van der Waals surface area contributed by atoms with Gasteiger partial charge in [0.25, 0.3) is 0 Å². The maximum absolute atomic E-state index is 12.8. The lowest BCUT2D eigenvalue weighted by atomic mass is 10.1. The molecule has 0 fully saturated rings. The second kappa shape index (κ2) is 53.6. The normalized spacial score (nSPS) is 13.4. The lowest BCUT2D eigenvalue weighted by Gasteiger charge is -2.18. The van der Waals surface area contributed by atoms with Crippen molar-refractivity contribution in [3.63, 3.8) is 0 Å². The Balaban J connectivity index is 4.60. The van der Waals surface area contributed by atoms with Crippen molar-refractivity contribution in [1.29, 1.82) is 0 Å². The van der Waals surface area contributed by atoms with Crippen LogP contribution in [0.2, 0.25) is 0 Å². The molecule has 6 nitrogen and oxygen atoms in total. The Bertz CT molecular complexity index is 1570. The molecular formula is C61H92O6. The standard InChI is InChI=1S/C61H92O6/c1-4-7-10-13-16-19-22-25-27-29-31-33-34-36-39-42-45-48-51-54-60(63)66-57-58(56-65-59(62)53-50-47-44-41-38-24-21-18-15-12-9-6-3)67-61(64)55-52-49-46-43-40-37-35-32-30-28-26-23-20-17-14-11-8-5-2/h7,9-10,12-13,16,18-19,21-23,25-36,38-39,41,58H,4-6,8,11,14-15,17,20,24,37,40,42-57H2,1-3H3/b10-7-,12-9-,16-13-,21-18-,22-19-,26-23-,27-25-,30-28-,31-29+,34-33-,35-32-,39-36-,41-38-. The quantitative estimate of drug-likeness (QED) is 0.0199. The first kappa shape index (κ1) is 62.0. The van der Waals surface area contributed by atoms with Gasteiger partial charge in [0.2, 0.25) is 0 Å². The van der Waals surface area contributed by atoms with Crippen LogP contribution in [0.15, 0.2) is 158 Å². The molecule has 0 aromatic rings. The molecule has 0 aromatic carbocycles. The van der Waals surface area contributed by atoms with Gasteiger partial charge in [-0.2, -0.15) is 0 Å². The van der Waals surface area contributed by atoms with Gasteiger partial charge >= 0.3 is 17.9 Å². The summed E-state index contributed by atoms with van der Waals surface area (Å²) in [5.41, 5.74) is 0. The van der Waals surface area contributed by atoms with Gasteiger partial charge in [0.05, 0.1) is 0 Å². The van der Waals surface area contributed by atoms with Gasteiger partial charge in [-0.25, -0.2) is 0 Å². The Kier molecular flexibility index (Phi) is 49.7. The predicted molar refractivity (Wildman–Crippen MR) is 288 cm³/mol. The van der Waals surface area contributed by atoms with E-state index in [9.17, 15) is 14.4 Å². The van der Waals surface area contributed by atoms with Gasteiger partial charge < -0.3 is 14.2 Å². The number of carbonyl (C=O) groups excluding carboxylic acids is 3. The number of hydrogen-bond acceptors (Lipinski definition) is 6. The minimum Gasteiger partial charge on any atom is -0.462 e. The summed E-state index contributed by atoms with van der Waals surface area (Å²) in [6.07, 6.45) is 77.9. The Morgan fingerprint density at radius 2 is 0.657 bits per heavy atom. The molecule has 372 valence electrons. The van der Waals surface area contributed by atoms with Gasteiger partial charge in [0, 0.05) is 19.3 Å². The van der Waals surface area contributed by atoms with Crippen molar-refractivity contribution in [1.82, 2.24) is 0 Å². The van der Waals surface area contributed by atoms with Crippen LogP contribution < -0.4 is 0 Å². The molecule has 0 spiro atoms. The maximum atomic E-state index is 12.8. The van der Waals surface area contributed by atoms with Crippen LogP contribution in [-0.4, -0.2) is 37.2 Å². The highest BCUT2D eigenvalue weighted by molar-refractivity contribution is 5.71. The second-order valence-electron chi connectivity index (χ2n) is 16.6. The number of unbranched alkanes of at least 4 members (excludes halogenated alkanes) is 15. The van der Waals surface area contributed by atoms with Gasteiger partial charge in [-0.1, -0.05) is 230 Å². The topological polar surface area (TPSA) is 78.9 Å². The zero-order chi connectivity index (χ0) is 48.6. The monoisotopic (exact) mass is 921 g/mol. The first-order valence-corrected chi connectivity index (χ1v) is 26.1. The number of allylic oxidation sites excluding steroid dienone is 26. The third-order valence-electron chi connectivity index (χ3n) is 10.3. The fourth-order valence-corrected chi connectivity index (χ4v) is 6.38. The summed E-state index contributed by atoms with van der Waals surface area (Å²) in [6.45, 7) is 6.24. The average molecular weight is 921 g/mol. The van der Waals surface area contributed by atoms with E-state index < -0.39 is 6.10 Å². The average Bonchev–Trinajstić information content (AvgIpc) is 3.33. The maximum Gasteiger partial charge on any atom is 0.306 e. The smallest absolute Gasteiger partial charge is 0.306 e. The molecule has 0 saturated carbocycles. The molecule has 0 bridgehead atoms. The van der Waals surface area contributed by atoms with Gasteiger partial charge in [-0.05, 0) is 96.3 Å². The van der Waals surface area contributed by atoms with E-state index in [0.29, 0.717) is 12.8 Å². The summed E-state index contributed by atoms with van der Waals surface area (Å²) >= 11 is 0. The van der Waals surface area contributed by atoms with Crippen LogP contribution in [0.1, 0.15) is 188 Å². The van der Waals surface area contributed by atoms with E-state index in [1.807, 2.05) is 72.9 Å². The molecular weight excluding hydrogens is 829 g/mol. The first-order chi connectivity index (χ1) is 33.0. The third kappa shape index (κ3) is 51.9. The summed E-state index contributed by atoms with van der Waals surface area (Å²) in [6, 6.07) is 0. The summed E-state index contributed by atoms with van der Waals surface area (Å²) in [7, 11) is 0. The summed E-state index contributed by atoms with van der Waals surface area (Å²) in [5, 5.41) is 0. The Labute approximate surface area is 409 Å². The minimum atomic E-state index is -0.831. The van der Waals surface area contributed by atoms with Crippen LogP contribution in [0, 0.1) is 0 Å². The van der Waals surface area contributed by atoms with E-state index in [2.05, 4.69) is 106 Å². The lowest BCUT2D eigenvalue weighted by Crippen LogP contribution is -2.30. The van der Waals surface area contributed by atoms with Crippen LogP contribution in [-0.2, 0) is 28.6 Å². The highest BCUT2D eigenvalue weighted by atomic mass is 16.6. The molecule has 0 aliphatic heterocycles. The first-order valence-electron chi connectivity index (χ1n) is 26.1. The Morgan fingerprint density at radius 1 is 0.328 bits per heavy atom. The molecule has 0 aromatic heterocycles. The summed E-state index contributed by atoms with van der Waals surface area (Å²) in [5.74, 6) is -1.04. The van der Waals surface area contributed by atoms with E-state index >= 15 is 0 Å². The molecule has 1 atom stereocenters. The van der Waals surface area contributed by atoms with E-state index in [-0.39, 0.29) is 50.4 Å². The van der Waals surface area contributed by atoms with Crippen molar-refractivity contribution < 1.29 is 28.6 Å². The molecule has 0 rings (SSSR count). The molecule has 0 heterocycles. The summed E-state index contributed by atoms with van der Waals surface area (Å²) < 4.78 is 16.7.